The van der Waals surface area contributed by atoms with Crippen LogP contribution in [0.15, 0.2) is 55.0 Å². The highest BCUT2D eigenvalue weighted by Crippen LogP contribution is 2.23. The molecule has 5 heteroatoms. The number of ether oxygens (including phenoxy) is 1. The third-order valence-corrected chi connectivity index (χ3v) is 3.16. The van der Waals surface area contributed by atoms with Crippen LogP contribution in [0.4, 0.5) is 5.82 Å². The van der Waals surface area contributed by atoms with E-state index in [1.807, 2.05) is 43.3 Å². The Kier molecular flexibility index (Phi) is 3.96. The lowest BCUT2D eigenvalue weighted by Gasteiger charge is -2.09. The molecule has 0 aliphatic rings. The molecule has 5 nitrogen and oxygen atoms in total. The van der Waals surface area contributed by atoms with E-state index in [1.54, 1.807) is 18.6 Å². The fraction of sp³-hybridized carbons (Fsp3) is 0.118. The number of aryl methyl sites for hydroxylation is 1. The molecule has 0 amide bonds. The lowest BCUT2D eigenvalue weighted by Crippen LogP contribution is -2.03. The Morgan fingerprint density at radius 3 is 2.68 bits per heavy atom. The zero-order valence-corrected chi connectivity index (χ0v) is 12.2. The van der Waals surface area contributed by atoms with Crippen LogP contribution in [0.3, 0.4) is 0 Å². The van der Waals surface area contributed by atoms with Crippen LogP contribution in [0.2, 0.25) is 0 Å². The number of nitrogen functional groups attached to an aromatic ring is 1. The summed E-state index contributed by atoms with van der Waals surface area (Å²) in [5, 5.41) is 0. The fourth-order valence-electron chi connectivity index (χ4n) is 2.05. The van der Waals surface area contributed by atoms with Gasteiger partial charge in [-0.1, -0.05) is 30.3 Å². The van der Waals surface area contributed by atoms with Gasteiger partial charge in [-0.3, -0.25) is 4.98 Å². The van der Waals surface area contributed by atoms with E-state index in [2.05, 4.69) is 15.0 Å². The van der Waals surface area contributed by atoms with Crippen molar-refractivity contribution in [3.05, 3.63) is 66.1 Å². The summed E-state index contributed by atoms with van der Waals surface area (Å²) >= 11 is 0. The van der Waals surface area contributed by atoms with Crippen molar-refractivity contribution in [1.82, 2.24) is 15.0 Å². The van der Waals surface area contributed by atoms with Gasteiger partial charge in [0, 0.05) is 18.0 Å². The maximum absolute atomic E-state index is 5.85. The van der Waals surface area contributed by atoms with Gasteiger partial charge in [0.15, 0.2) is 5.82 Å². The number of benzene rings is 1. The first-order chi connectivity index (χ1) is 10.7. The number of rotatable bonds is 4. The smallest absolute Gasteiger partial charge is 0.258 e. The Labute approximate surface area is 128 Å². The van der Waals surface area contributed by atoms with Crippen LogP contribution in [-0.4, -0.2) is 15.0 Å². The van der Waals surface area contributed by atoms with E-state index in [1.165, 1.54) is 0 Å². The van der Waals surface area contributed by atoms with Crippen molar-refractivity contribution in [2.24, 2.45) is 0 Å². The molecule has 0 fully saturated rings. The summed E-state index contributed by atoms with van der Waals surface area (Å²) in [7, 11) is 0. The Bertz CT molecular complexity index is 775. The predicted octanol–water partition coefficient (Wildman–Crippen LogP) is 3.01. The number of pyridine rings is 1. The minimum Gasteiger partial charge on any atom is -0.470 e. The average Bonchev–Trinajstić information content (AvgIpc) is 2.55. The Balaban J connectivity index is 1.84. The Morgan fingerprint density at radius 1 is 1.09 bits per heavy atom. The second kappa shape index (κ2) is 6.22. The van der Waals surface area contributed by atoms with Gasteiger partial charge in [-0.05, 0) is 24.1 Å². The van der Waals surface area contributed by atoms with Crippen LogP contribution in [0.5, 0.6) is 5.88 Å². The van der Waals surface area contributed by atoms with Gasteiger partial charge in [0.2, 0.25) is 0 Å². The van der Waals surface area contributed by atoms with Gasteiger partial charge in [-0.2, -0.15) is 0 Å². The molecular weight excluding hydrogens is 276 g/mol. The summed E-state index contributed by atoms with van der Waals surface area (Å²) in [5.74, 6) is 0.614. The van der Waals surface area contributed by atoms with E-state index in [-0.39, 0.29) is 5.82 Å². The molecule has 110 valence electrons. The highest BCUT2D eigenvalue weighted by molar-refractivity contribution is 5.60. The lowest BCUT2D eigenvalue weighted by atomic mass is 10.2. The standard InChI is InChI=1S/C17H16N4O/c1-12-7-14(9-19-8-12)15-10-20-16(18)17(21-15)22-11-13-5-3-2-4-6-13/h2-10H,11H2,1H3,(H2,18,20). The molecule has 22 heavy (non-hydrogen) atoms. The van der Waals surface area contributed by atoms with E-state index in [0.717, 1.165) is 16.7 Å². The van der Waals surface area contributed by atoms with Crippen LogP contribution >= 0.6 is 0 Å². The quantitative estimate of drug-likeness (QED) is 0.800. The largest absolute Gasteiger partial charge is 0.470 e. The number of nitrogens with zero attached hydrogens (tertiary/aromatic N) is 3. The van der Waals surface area contributed by atoms with E-state index in [9.17, 15) is 0 Å². The molecule has 0 saturated heterocycles. The molecule has 0 spiro atoms. The van der Waals surface area contributed by atoms with E-state index in [4.69, 9.17) is 10.5 Å². The van der Waals surface area contributed by atoms with Crippen molar-refractivity contribution in [3.63, 3.8) is 0 Å². The molecule has 2 N–H and O–H groups in total. The molecule has 0 aliphatic heterocycles. The van der Waals surface area contributed by atoms with Crippen LogP contribution < -0.4 is 10.5 Å². The van der Waals surface area contributed by atoms with Crippen molar-refractivity contribution in [1.29, 1.82) is 0 Å². The first kappa shape index (κ1) is 14.0. The third-order valence-electron chi connectivity index (χ3n) is 3.16. The fourth-order valence-corrected chi connectivity index (χ4v) is 2.05. The van der Waals surface area contributed by atoms with E-state index < -0.39 is 0 Å². The Hall–Kier alpha value is -2.95. The zero-order chi connectivity index (χ0) is 15.4. The highest BCUT2D eigenvalue weighted by Gasteiger charge is 2.08. The summed E-state index contributed by atoms with van der Waals surface area (Å²) in [6.07, 6.45) is 5.16. The molecule has 0 atom stereocenters. The van der Waals surface area contributed by atoms with Crippen LogP contribution in [0.1, 0.15) is 11.1 Å². The van der Waals surface area contributed by atoms with Crippen molar-refractivity contribution in [2.45, 2.75) is 13.5 Å². The molecule has 0 unspecified atom stereocenters. The van der Waals surface area contributed by atoms with Crippen molar-refractivity contribution in [3.8, 4) is 17.1 Å². The molecule has 1 aromatic carbocycles. The van der Waals surface area contributed by atoms with Gasteiger partial charge in [0.25, 0.3) is 5.88 Å². The zero-order valence-electron chi connectivity index (χ0n) is 12.2. The maximum Gasteiger partial charge on any atom is 0.258 e. The summed E-state index contributed by atoms with van der Waals surface area (Å²) in [6, 6.07) is 11.8. The number of hydrogen-bond acceptors (Lipinski definition) is 5. The van der Waals surface area contributed by atoms with E-state index >= 15 is 0 Å². The van der Waals surface area contributed by atoms with E-state index in [0.29, 0.717) is 18.2 Å². The molecule has 2 aromatic heterocycles. The molecule has 3 aromatic rings. The van der Waals surface area contributed by atoms with Gasteiger partial charge in [0.1, 0.15) is 6.61 Å². The molecule has 3 rings (SSSR count). The van der Waals surface area contributed by atoms with Gasteiger partial charge in [-0.25, -0.2) is 9.97 Å². The monoisotopic (exact) mass is 292 g/mol. The average molecular weight is 292 g/mol. The molecule has 0 aliphatic carbocycles. The second-order valence-corrected chi connectivity index (χ2v) is 4.97. The van der Waals surface area contributed by atoms with Crippen LogP contribution in [0, 0.1) is 6.92 Å². The molecule has 0 radical (unpaired) electrons. The topological polar surface area (TPSA) is 73.9 Å². The molecule has 2 heterocycles. The van der Waals surface area contributed by atoms with Gasteiger partial charge in [-0.15, -0.1) is 0 Å². The molecule has 0 saturated carbocycles. The first-order valence-corrected chi connectivity index (χ1v) is 6.93. The van der Waals surface area contributed by atoms with Crippen molar-refractivity contribution >= 4 is 5.82 Å². The normalized spacial score (nSPS) is 10.4. The minimum absolute atomic E-state index is 0.278. The summed E-state index contributed by atoms with van der Waals surface area (Å²) in [5.41, 5.74) is 9.53. The third kappa shape index (κ3) is 3.20. The minimum atomic E-state index is 0.278. The van der Waals surface area contributed by atoms with Gasteiger partial charge in [0.05, 0.1) is 11.9 Å². The summed E-state index contributed by atoms with van der Waals surface area (Å²) < 4.78 is 5.70. The first-order valence-electron chi connectivity index (χ1n) is 6.93. The second-order valence-electron chi connectivity index (χ2n) is 4.97. The van der Waals surface area contributed by atoms with Crippen molar-refractivity contribution in [2.75, 3.05) is 5.73 Å². The van der Waals surface area contributed by atoms with Crippen LogP contribution in [0.25, 0.3) is 11.3 Å². The Morgan fingerprint density at radius 2 is 1.91 bits per heavy atom. The van der Waals surface area contributed by atoms with Gasteiger partial charge < -0.3 is 10.5 Å². The predicted molar refractivity (Wildman–Crippen MR) is 85.2 cm³/mol. The SMILES string of the molecule is Cc1cncc(-c2cnc(N)c(OCc3ccccc3)n2)c1. The molecule has 0 bridgehead atoms. The van der Waals surface area contributed by atoms with Crippen LogP contribution in [-0.2, 0) is 6.61 Å². The number of aromatic nitrogens is 3. The highest BCUT2D eigenvalue weighted by atomic mass is 16.5. The summed E-state index contributed by atoms with van der Waals surface area (Å²) in [4.78, 5) is 12.8. The lowest BCUT2D eigenvalue weighted by molar-refractivity contribution is 0.295. The number of hydrogen-bond donors (Lipinski definition) is 1. The number of nitrogens with two attached hydrogens (primary N) is 1. The maximum atomic E-state index is 5.85. The van der Waals surface area contributed by atoms with Gasteiger partial charge >= 0.3 is 0 Å². The summed E-state index contributed by atoms with van der Waals surface area (Å²) in [6.45, 7) is 2.38. The van der Waals surface area contributed by atoms with Crippen molar-refractivity contribution < 1.29 is 4.74 Å². The number of anilines is 1. The molecular formula is C17H16N4O.